The Bertz CT molecular complexity index is 308. The molecule has 0 aliphatic rings. The van der Waals surface area contributed by atoms with Crippen LogP contribution in [-0.2, 0) is 6.42 Å². The van der Waals surface area contributed by atoms with Crippen molar-refractivity contribution in [2.45, 2.75) is 26.7 Å². The van der Waals surface area contributed by atoms with E-state index in [2.05, 4.69) is 20.8 Å². The molecule has 0 bridgehead atoms. The molecule has 1 rings (SSSR count). The Labute approximate surface area is 89.6 Å². The summed E-state index contributed by atoms with van der Waals surface area (Å²) >= 11 is 0. The Morgan fingerprint density at radius 2 is 2.33 bits per heavy atom. The SMILES string of the molecule is CCNC(=O)NCCCc1cn[nH]c1C. The summed E-state index contributed by atoms with van der Waals surface area (Å²) in [4.78, 5) is 11.0. The number of carbonyl (C=O) groups excluding carboxylic acids is 1. The number of aryl methyl sites for hydroxylation is 2. The van der Waals surface area contributed by atoms with Gasteiger partial charge in [0.15, 0.2) is 0 Å². The van der Waals surface area contributed by atoms with Crippen LogP contribution in [0.1, 0.15) is 24.6 Å². The van der Waals surface area contributed by atoms with Crippen LogP contribution >= 0.6 is 0 Å². The van der Waals surface area contributed by atoms with E-state index < -0.39 is 0 Å². The third-order valence-corrected chi connectivity index (χ3v) is 2.18. The van der Waals surface area contributed by atoms with Gasteiger partial charge in [-0.3, -0.25) is 5.10 Å². The summed E-state index contributed by atoms with van der Waals surface area (Å²) < 4.78 is 0. The third-order valence-electron chi connectivity index (χ3n) is 2.18. The van der Waals surface area contributed by atoms with Gasteiger partial charge in [0.25, 0.3) is 0 Å². The lowest BCUT2D eigenvalue weighted by molar-refractivity contribution is 0.241. The van der Waals surface area contributed by atoms with E-state index in [0.29, 0.717) is 13.1 Å². The Kier molecular flexibility index (Phi) is 4.66. The maximum Gasteiger partial charge on any atom is 0.314 e. The number of hydrogen-bond donors (Lipinski definition) is 3. The molecule has 0 aliphatic heterocycles. The van der Waals surface area contributed by atoms with Crippen molar-refractivity contribution in [3.05, 3.63) is 17.5 Å². The molecule has 15 heavy (non-hydrogen) atoms. The summed E-state index contributed by atoms with van der Waals surface area (Å²) in [5, 5.41) is 12.3. The van der Waals surface area contributed by atoms with Gasteiger partial charge in [-0.1, -0.05) is 0 Å². The van der Waals surface area contributed by atoms with Crippen LogP contribution in [0.3, 0.4) is 0 Å². The van der Waals surface area contributed by atoms with E-state index in [1.54, 1.807) is 0 Å². The van der Waals surface area contributed by atoms with Crippen LogP contribution in [0.4, 0.5) is 4.79 Å². The fraction of sp³-hybridized carbons (Fsp3) is 0.600. The molecule has 0 aliphatic carbocycles. The molecule has 0 unspecified atom stereocenters. The highest BCUT2D eigenvalue weighted by atomic mass is 16.2. The summed E-state index contributed by atoms with van der Waals surface area (Å²) in [6.45, 7) is 5.25. The first-order valence-electron chi connectivity index (χ1n) is 5.24. The molecule has 5 nitrogen and oxygen atoms in total. The summed E-state index contributed by atoms with van der Waals surface area (Å²) in [5.74, 6) is 0. The monoisotopic (exact) mass is 210 g/mol. The number of carbonyl (C=O) groups is 1. The molecule has 0 atom stereocenters. The molecule has 3 N–H and O–H groups in total. The van der Waals surface area contributed by atoms with Gasteiger partial charge in [0.1, 0.15) is 0 Å². The zero-order valence-corrected chi connectivity index (χ0v) is 9.26. The van der Waals surface area contributed by atoms with Crippen molar-refractivity contribution in [2.24, 2.45) is 0 Å². The molecule has 0 saturated heterocycles. The van der Waals surface area contributed by atoms with E-state index in [1.807, 2.05) is 20.0 Å². The summed E-state index contributed by atoms with van der Waals surface area (Å²) in [7, 11) is 0. The second-order valence-corrected chi connectivity index (χ2v) is 3.41. The van der Waals surface area contributed by atoms with Crippen molar-refractivity contribution >= 4 is 6.03 Å². The maximum atomic E-state index is 11.0. The number of urea groups is 1. The van der Waals surface area contributed by atoms with Gasteiger partial charge in [-0.2, -0.15) is 5.10 Å². The molecule has 1 aromatic rings. The van der Waals surface area contributed by atoms with Gasteiger partial charge in [-0.05, 0) is 32.3 Å². The molecule has 0 fully saturated rings. The predicted octanol–water partition coefficient (Wildman–Crippen LogP) is 0.970. The highest BCUT2D eigenvalue weighted by molar-refractivity contribution is 5.73. The third kappa shape index (κ3) is 4.01. The first-order chi connectivity index (χ1) is 7.24. The molecule has 0 saturated carbocycles. The molecule has 1 aromatic heterocycles. The lowest BCUT2D eigenvalue weighted by atomic mass is 10.1. The Morgan fingerprint density at radius 3 is 2.93 bits per heavy atom. The average Bonchev–Trinajstić information content (AvgIpc) is 2.60. The standard InChI is InChI=1S/C10H18N4O/c1-3-11-10(15)12-6-4-5-9-7-13-14-8(9)2/h7H,3-6H2,1-2H3,(H,13,14)(H2,11,12,15). The molecule has 1 heterocycles. The van der Waals surface area contributed by atoms with Crippen LogP contribution in [0, 0.1) is 6.92 Å². The lowest BCUT2D eigenvalue weighted by Crippen LogP contribution is -2.35. The largest absolute Gasteiger partial charge is 0.338 e. The molecule has 84 valence electrons. The van der Waals surface area contributed by atoms with E-state index in [4.69, 9.17) is 0 Å². The molecule has 0 aromatic carbocycles. The van der Waals surface area contributed by atoms with E-state index >= 15 is 0 Å². The van der Waals surface area contributed by atoms with Crippen LogP contribution in [0.2, 0.25) is 0 Å². The highest BCUT2D eigenvalue weighted by Crippen LogP contribution is 2.04. The molecule has 5 heteroatoms. The van der Waals surface area contributed by atoms with Crippen molar-refractivity contribution in [3.63, 3.8) is 0 Å². The summed E-state index contributed by atoms with van der Waals surface area (Å²) in [5.41, 5.74) is 2.32. The van der Waals surface area contributed by atoms with Crippen molar-refractivity contribution < 1.29 is 4.79 Å². The number of nitrogens with one attached hydrogen (secondary N) is 3. The average molecular weight is 210 g/mol. The van der Waals surface area contributed by atoms with Crippen molar-refractivity contribution in [3.8, 4) is 0 Å². The van der Waals surface area contributed by atoms with Crippen LogP contribution in [-0.4, -0.2) is 29.3 Å². The Morgan fingerprint density at radius 1 is 1.53 bits per heavy atom. The number of hydrogen-bond acceptors (Lipinski definition) is 2. The zero-order valence-electron chi connectivity index (χ0n) is 9.26. The first-order valence-corrected chi connectivity index (χ1v) is 5.24. The first kappa shape index (κ1) is 11.6. The topological polar surface area (TPSA) is 69.8 Å². The minimum absolute atomic E-state index is 0.0959. The van der Waals surface area contributed by atoms with E-state index in [0.717, 1.165) is 18.5 Å². The smallest absolute Gasteiger partial charge is 0.314 e. The second kappa shape index (κ2) is 6.06. The summed E-state index contributed by atoms with van der Waals surface area (Å²) in [6, 6.07) is -0.0959. The predicted molar refractivity (Wildman–Crippen MR) is 58.7 cm³/mol. The Balaban J connectivity index is 2.12. The van der Waals surface area contributed by atoms with Gasteiger partial charge < -0.3 is 10.6 Å². The minimum atomic E-state index is -0.0959. The normalized spacial score (nSPS) is 10.0. The van der Waals surface area contributed by atoms with Gasteiger partial charge in [0, 0.05) is 18.8 Å². The van der Waals surface area contributed by atoms with E-state index in [9.17, 15) is 4.79 Å². The number of aromatic amines is 1. The van der Waals surface area contributed by atoms with Gasteiger partial charge in [0.05, 0.1) is 6.20 Å². The molecule has 0 radical (unpaired) electrons. The fourth-order valence-corrected chi connectivity index (χ4v) is 1.33. The zero-order chi connectivity index (χ0) is 11.1. The molecular weight excluding hydrogens is 192 g/mol. The summed E-state index contributed by atoms with van der Waals surface area (Å²) in [6.07, 6.45) is 3.70. The number of nitrogens with zero attached hydrogens (tertiary/aromatic N) is 1. The number of rotatable bonds is 5. The van der Waals surface area contributed by atoms with Crippen LogP contribution in [0.25, 0.3) is 0 Å². The number of H-pyrrole nitrogens is 1. The van der Waals surface area contributed by atoms with Crippen molar-refractivity contribution in [2.75, 3.05) is 13.1 Å². The fourth-order valence-electron chi connectivity index (χ4n) is 1.33. The van der Waals surface area contributed by atoms with Gasteiger partial charge in [-0.15, -0.1) is 0 Å². The van der Waals surface area contributed by atoms with Crippen molar-refractivity contribution in [1.82, 2.24) is 20.8 Å². The second-order valence-electron chi connectivity index (χ2n) is 3.41. The van der Waals surface area contributed by atoms with E-state index in [1.165, 1.54) is 5.56 Å². The van der Waals surface area contributed by atoms with Gasteiger partial charge in [-0.25, -0.2) is 4.79 Å². The van der Waals surface area contributed by atoms with Crippen LogP contribution < -0.4 is 10.6 Å². The van der Waals surface area contributed by atoms with Gasteiger partial charge >= 0.3 is 6.03 Å². The number of aromatic nitrogens is 2. The van der Waals surface area contributed by atoms with Gasteiger partial charge in [0.2, 0.25) is 0 Å². The molecule has 0 spiro atoms. The highest BCUT2D eigenvalue weighted by Gasteiger charge is 2.00. The van der Waals surface area contributed by atoms with Crippen LogP contribution in [0.5, 0.6) is 0 Å². The maximum absolute atomic E-state index is 11.0. The van der Waals surface area contributed by atoms with Crippen LogP contribution in [0.15, 0.2) is 6.20 Å². The number of amides is 2. The lowest BCUT2D eigenvalue weighted by Gasteiger charge is -2.04. The van der Waals surface area contributed by atoms with E-state index in [-0.39, 0.29) is 6.03 Å². The molecular formula is C10H18N4O. The van der Waals surface area contributed by atoms with Crippen molar-refractivity contribution in [1.29, 1.82) is 0 Å². The molecule has 2 amide bonds. The minimum Gasteiger partial charge on any atom is -0.338 e. The quantitative estimate of drug-likeness (QED) is 0.634. The Hall–Kier alpha value is -1.52.